The van der Waals surface area contributed by atoms with Gasteiger partial charge in [-0.05, 0) is 116 Å². The van der Waals surface area contributed by atoms with Crippen molar-refractivity contribution in [2.24, 2.45) is 0 Å². The van der Waals surface area contributed by atoms with Crippen LogP contribution in [0, 0.1) is 0 Å². The van der Waals surface area contributed by atoms with Gasteiger partial charge in [-0.15, -0.1) is 0 Å². The zero-order valence-corrected chi connectivity index (χ0v) is 42.0. The fourth-order valence-electron chi connectivity index (χ4n) is 7.10. The third kappa shape index (κ3) is 51.5. The molecule has 0 N–H and O–H groups in total. The van der Waals surface area contributed by atoms with Crippen LogP contribution >= 0.6 is 0 Å². The number of hydrogen-bond donors (Lipinski definition) is 0. The zero-order chi connectivity index (χ0) is 46.3. The maximum Gasteiger partial charge on any atom is 0.306 e. The Labute approximate surface area is 396 Å². The van der Waals surface area contributed by atoms with Crippen molar-refractivity contribution in [1.82, 2.24) is 0 Å². The maximum atomic E-state index is 12.8. The van der Waals surface area contributed by atoms with E-state index in [1.807, 2.05) is 0 Å². The smallest absolute Gasteiger partial charge is 0.306 e. The molecule has 0 aromatic rings. The highest BCUT2D eigenvalue weighted by Crippen LogP contribution is 2.13. The Morgan fingerprint density at radius 3 is 1.22 bits per heavy atom. The molecule has 0 heterocycles. The second-order valence-corrected chi connectivity index (χ2v) is 17.4. The van der Waals surface area contributed by atoms with Crippen molar-refractivity contribution in [2.75, 3.05) is 19.8 Å². The van der Waals surface area contributed by atoms with Crippen molar-refractivity contribution in [3.63, 3.8) is 0 Å². The van der Waals surface area contributed by atoms with Crippen LogP contribution in [0.4, 0.5) is 0 Å². The molecule has 64 heavy (non-hydrogen) atoms. The minimum atomic E-state index is -0.571. The Balaban J connectivity index is 4.39. The molecule has 0 spiro atoms. The Morgan fingerprint density at radius 2 is 0.719 bits per heavy atom. The minimum absolute atomic E-state index is 0.0460. The summed E-state index contributed by atoms with van der Waals surface area (Å²) in [4.78, 5) is 25.4. The Kier molecular flexibility index (Phi) is 51.5. The van der Waals surface area contributed by atoms with Crippen molar-refractivity contribution in [1.29, 1.82) is 0 Å². The quantitative estimate of drug-likeness (QED) is 0.0346. The van der Waals surface area contributed by atoms with E-state index >= 15 is 0 Å². The number of hydrogen-bond acceptors (Lipinski definition) is 5. The van der Waals surface area contributed by atoms with Gasteiger partial charge < -0.3 is 14.2 Å². The van der Waals surface area contributed by atoms with Crippen LogP contribution in [0.3, 0.4) is 0 Å². The summed E-state index contributed by atoms with van der Waals surface area (Å²) in [6.07, 6.45) is 72.8. The first kappa shape index (κ1) is 60.8. The molecular formula is C59H100O5. The predicted octanol–water partition coefficient (Wildman–Crippen LogP) is 18.2. The molecule has 0 saturated carbocycles. The van der Waals surface area contributed by atoms with Gasteiger partial charge in [0.25, 0.3) is 0 Å². The molecule has 0 amide bonds. The van der Waals surface area contributed by atoms with Gasteiger partial charge in [0.05, 0.1) is 6.61 Å². The van der Waals surface area contributed by atoms with Crippen LogP contribution < -0.4 is 0 Å². The van der Waals surface area contributed by atoms with Gasteiger partial charge in [-0.1, -0.05) is 208 Å². The number of rotatable bonds is 48. The van der Waals surface area contributed by atoms with Crippen molar-refractivity contribution < 1.29 is 23.8 Å². The summed E-state index contributed by atoms with van der Waals surface area (Å²) in [5.41, 5.74) is 0. The fourth-order valence-corrected chi connectivity index (χ4v) is 7.10. The van der Waals surface area contributed by atoms with Crippen LogP contribution in [-0.2, 0) is 23.8 Å². The summed E-state index contributed by atoms with van der Waals surface area (Å²) in [6.45, 7) is 7.60. The molecule has 5 heteroatoms. The molecule has 0 rings (SSSR count). The molecule has 0 bridgehead atoms. The lowest BCUT2D eigenvalue weighted by Crippen LogP contribution is -2.30. The number of carbonyl (C=O) groups excluding carboxylic acids is 2. The van der Waals surface area contributed by atoms with Crippen molar-refractivity contribution in [2.45, 2.75) is 245 Å². The van der Waals surface area contributed by atoms with Gasteiger partial charge in [-0.3, -0.25) is 9.59 Å². The van der Waals surface area contributed by atoms with E-state index in [2.05, 4.69) is 118 Å². The largest absolute Gasteiger partial charge is 0.462 e. The average Bonchev–Trinajstić information content (AvgIpc) is 3.30. The van der Waals surface area contributed by atoms with Crippen LogP contribution in [0.1, 0.15) is 239 Å². The molecule has 0 saturated heterocycles. The van der Waals surface area contributed by atoms with E-state index in [4.69, 9.17) is 14.2 Å². The van der Waals surface area contributed by atoms with Crippen molar-refractivity contribution in [3.8, 4) is 0 Å². The summed E-state index contributed by atoms with van der Waals surface area (Å²) in [5, 5.41) is 0. The maximum absolute atomic E-state index is 12.8. The normalized spacial score (nSPS) is 13.0. The van der Waals surface area contributed by atoms with E-state index in [0.717, 1.165) is 83.5 Å². The molecule has 5 nitrogen and oxygen atoms in total. The van der Waals surface area contributed by atoms with Gasteiger partial charge in [-0.25, -0.2) is 0 Å². The Hall–Kier alpha value is -3.18. The first-order valence-electron chi connectivity index (χ1n) is 26.8. The monoisotopic (exact) mass is 889 g/mol. The van der Waals surface area contributed by atoms with E-state index in [1.54, 1.807) is 0 Å². The number of carbonyl (C=O) groups is 2. The molecule has 0 aliphatic carbocycles. The summed E-state index contributed by atoms with van der Waals surface area (Å²) < 4.78 is 17.4. The highest BCUT2D eigenvalue weighted by atomic mass is 16.6. The minimum Gasteiger partial charge on any atom is -0.462 e. The van der Waals surface area contributed by atoms with E-state index in [9.17, 15) is 9.59 Å². The van der Waals surface area contributed by atoms with Gasteiger partial charge in [0.2, 0.25) is 0 Å². The first-order chi connectivity index (χ1) is 31.6. The summed E-state index contributed by atoms with van der Waals surface area (Å²) in [6, 6.07) is 0. The van der Waals surface area contributed by atoms with Crippen LogP contribution in [0.15, 0.2) is 97.2 Å². The molecule has 0 aliphatic rings. The standard InChI is InChI=1S/C59H100O5/c1-4-7-10-13-16-19-22-25-28-30-32-34-37-40-43-46-49-52-58(60)63-56-57(55-62-54-51-48-45-42-39-36-27-24-21-18-15-12-9-6-3)64-59(61)53-50-47-44-41-38-35-33-31-29-26-23-20-17-14-11-8-5-2/h7,10,16-17,19-21,24-26,28-29,32,34,40,43,57H,4-6,8-9,11-15,18,22-23,27,30-31,33,35-39,41-42,44-56H2,1-3H3/b10-7-,19-16-,20-17-,24-21-,28-25-,29-26-,34-32-,43-40-. The molecule has 1 atom stereocenters. The van der Waals surface area contributed by atoms with Crippen LogP contribution in [-0.4, -0.2) is 37.9 Å². The average molecular weight is 889 g/mol. The number of ether oxygens (including phenoxy) is 3. The van der Waals surface area contributed by atoms with Crippen molar-refractivity contribution in [3.05, 3.63) is 97.2 Å². The fraction of sp³-hybridized carbons (Fsp3) is 0.695. The lowest BCUT2D eigenvalue weighted by Gasteiger charge is -2.18. The highest BCUT2D eigenvalue weighted by Gasteiger charge is 2.17. The molecule has 0 radical (unpaired) electrons. The van der Waals surface area contributed by atoms with E-state index in [-0.39, 0.29) is 25.2 Å². The number of allylic oxidation sites excluding steroid dienone is 16. The molecular weight excluding hydrogens is 789 g/mol. The summed E-state index contributed by atoms with van der Waals surface area (Å²) >= 11 is 0. The van der Waals surface area contributed by atoms with Crippen molar-refractivity contribution >= 4 is 11.9 Å². The molecule has 0 aromatic carbocycles. The zero-order valence-electron chi connectivity index (χ0n) is 42.0. The Bertz CT molecular complexity index is 1230. The third-order valence-electron chi connectivity index (χ3n) is 11.1. The highest BCUT2D eigenvalue weighted by molar-refractivity contribution is 5.70. The van der Waals surface area contributed by atoms with Gasteiger partial charge >= 0.3 is 11.9 Å². The summed E-state index contributed by atoms with van der Waals surface area (Å²) in [5.74, 6) is -0.478. The van der Waals surface area contributed by atoms with E-state index in [0.29, 0.717) is 19.4 Å². The predicted molar refractivity (Wildman–Crippen MR) is 279 cm³/mol. The topological polar surface area (TPSA) is 61.8 Å². The summed E-state index contributed by atoms with van der Waals surface area (Å²) in [7, 11) is 0. The van der Waals surface area contributed by atoms with E-state index < -0.39 is 6.10 Å². The first-order valence-corrected chi connectivity index (χ1v) is 26.8. The molecule has 366 valence electrons. The molecule has 1 unspecified atom stereocenters. The van der Waals surface area contributed by atoms with Gasteiger partial charge in [0.1, 0.15) is 6.61 Å². The third-order valence-corrected chi connectivity index (χ3v) is 11.1. The van der Waals surface area contributed by atoms with Gasteiger partial charge in [0, 0.05) is 19.4 Å². The Morgan fingerprint density at radius 1 is 0.359 bits per heavy atom. The number of unbranched alkanes of at least 4 members (excludes halogenated alkanes) is 21. The number of esters is 2. The van der Waals surface area contributed by atoms with E-state index in [1.165, 1.54) is 122 Å². The molecule has 0 aromatic heterocycles. The second-order valence-electron chi connectivity index (χ2n) is 17.4. The SMILES string of the molecule is CC/C=C\C/C=C\C/C=C\C/C=C\C/C=C\CCCC(=O)OCC(COCCCCCCCC/C=C\CCCCCC)OC(=O)CCCCCCCCC/C=C\C/C=C\CCCCC. The van der Waals surface area contributed by atoms with Crippen LogP contribution in [0.2, 0.25) is 0 Å². The second kappa shape index (κ2) is 54.2. The molecule has 0 aliphatic heterocycles. The van der Waals surface area contributed by atoms with Crippen LogP contribution in [0.5, 0.6) is 0 Å². The van der Waals surface area contributed by atoms with Crippen LogP contribution in [0.25, 0.3) is 0 Å². The lowest BCUT2D eigenvalue weighted by atomic mass is 10.1. The lowest BCUT2D eigenvalue weighted by molar-refractivity contribution is -0.163. The molecule has 0 fully saturated rings. The van der Waals surface area contributed by atoms with Gasteiger partial charge in [0.15, 0.2) is 6.10 Å². The van der Waals surface area contributed by atoms with Gasteiger partial charge in [-0.2, -0.15) is 0 Å².